The first-order valence-corrected chi connectivity index (χ1v) is 7.14. The average Bonchev–Trinajstić information content (AvgIpc) is 2.19. The highest BCUT2D eigenvalue weighted by Gasteiger charge is 2.18. The summed E-state index contributed by atoms with van der Waals surface area (Å²) < 4.78 is 23.9. The maximum Gasteiger partial charge on any atom is 0.180 e. The number of nitrogen functional groups attached to an aromatic ring is 1. The normalized spacial score (nSPS) is 12.0. The summed E-state index contributed by atoms with van der Waals surface area (Å²) in [5.41, 5.74) is 5.90. The second kappa shape index (κ2) is 5.06. The molecule has 3 nitrogen and oxygen atoms in total. The zero-order chi connectivity index (χ0) is 12.3. The predicted octanol–water partition coefficient (Wildman–Crippen LogP) is 2.74. The molecular formula is C11H16ClNO2S. The summed E-state index contributed by atoms with van der Waals surface area (Å²) in [4.78, 5) is 0.139. The van der Waals surface area contributed by atoms with Crippen molar-refractivity contribution in [2.24, 2.45) is 5.92 Å². The van der Waals surface area contributed by atoms with Gasteiger partial charge in [0.1, 0.15) is 0 Å². The first kappa shape index (κ1) is 13.3. The van der Waals surface area contributed by atoms with Crippen molar-refractivity contribution in [2.75, 3.05) is 11.5 Å². The highest BCUT2D eigenvalue weighted by atomic mass is 35.5. The van der Waals surface area contributed by atoms with Crippen molar-refractivity contribution in [3.8, 4) is 0 Å². The maximum atomic E-state index is 12.0. The second-order valence-corrected chi connectivity index (χ2v) is 6.70. The Morgan fingerprint density at radius 3 is 2.56 bits per heavy atom. The van der Waals surface area contributed by atoms with Gasteiger partial charge in [-0.1, -0.05) is 25.4 Å². The van der Waals surface area contributed by atoms with Gasteiger partial charge in [-0.15, -0.1) is 0 Å². The van der Waals surface area contributed by atoms with Crippen molar-refractivity contribution in [3.05, 3.63) is 23.2 Å². The first-order chi connectivity index (χ1) is 7.33. The lowest BCUT2D eigenvalue weighted by Gasteiger charge is -2.09. The van der Waals surface area contributed by atoms with Gasteiger partial charge in [-0.3, -0.25) is 0 Å². The van der Waals surface area contributed by atoms with Gasteiger partial charge in [-0.05, 0) is 30.5 Å². The van der Waals surface area contributed by atoms with Crippen molar-refractivity contribution in [1.82, 2.24) is 0 Å². The molecule has 0 spiro atoms. The van der Waals surface area contributed by atoms with Gasteiger partial charge in [0.15, 0.2) is 9.84 Å². The smallest absolute Gasteiger partial charge is 0.180 e. The van der Waals surface area contributed by atoms with Gasteiger partial charge in [0.25, 0.3) is 0 Å². The fraction of sp³-hybridized carbons (Fsp3) is 0.455. The third kappa shape index (κ3) is 3.39. The molecule has 0 atom stereocenters. The van der Waals surface area contributed by atoms with E-state index in [0.717, 1.165) is 0 Å². The topological polar surface area (TPSA) is 60.2 Å². The lowest BCUT2D eigenvalue weighted by atomic mass is 10.2. The van der Waals surface area contributed by atoms with Gasteiger partial charge >= 0.3 is 0 Å². The minimum Gasteiger partial charge on any atom is -0.398 e. The molecule has 0 aliphatic heterocycles. The molecule has 0 aromatic heterocycles. The third-order valence-corrected chi connectivity index (χ3v) is 4.31. The lowest BCUT2D eigenvalue weighted by molar-refractivity contribution is 0.574. The third-order valence-electron chi connectivity index (χ3n) is 2.27. The number of hydrogen-bond donors (Lipinski definition) is 1. The molecule has 5 heteroatoms. The molecule has 0 bridgehead atoms. The highest BCUT2D eigenvalue weighted by molar-refractivity contribution is 7.91. The van der Waals surface area contributed by atoms with Crippen LogP contribution < -0.4 is 5.73 Å². The van der Waals surface area contributed by atoms with Crippen LogP contribution in [-0.4, -0.2) is 14.2 Å². The fourth-order valence-electron chi connectivity index (χ4n) is 1.28. The largest absolute Gasteiger partial charge is 0.398 e. The predicted molar refractivity (Wildman–Crippen MR) is 67.4 cm³/mol. The zero-order valence-electron chi connectivity index (χ0n) is 9.40. The molecule has 0 heterocycles. The number of hydrogen-bond acceptors (Lipinski definition) is 3. The van der Waals surface area contributed by atoms with Crippen LogP contribution in [0.1, 0.15) is 20.3 Å². The number of nitrogens with two attached hydrogens (primary N) is 1. The van der Waals surface area contributed by atoms with Gasteiger partial charge in [0.05, 0.1) is 16.3 Å². The Morgan fingerprint density at radius 2 is 2.00 bits per heavy atom. The number of halogens is 1. The van der Waals surface area contributed by atoms with Crippen molar-refractivity contribution >= 4 is 27.1 Å². The molecular weight excluding hydrogens is 246 g/mol. The SMILES string of the molecule is CC(C)CCS(=O)(=O)c1cc(Cl)ccc1N. The van der Waals surface area contributed by atoms with E-state index >= 15 is 0 Å². The van der Waals surface area contributed by atoms with Crippen molar-refractivity contribution < 1.29 is 8.42 Å². The van der Waals surface area contributed by atoms with Crippen LogP contribution >= 0.6 is 11.6 Å². The molecule has 0 unspecified atom stereocenters. The van der Waals surface area contributed by atoms with E-state index in [9.17, 15) is 8.42 Å². The minimum absolute atomic E-state index is 0.106. The molecule has 16 heavy (non-hydrogen) atoms. The van der Waals surface area contributed by atoms with Crippen LogP contribution in [0.25, 0.3) is 0 Å². The first-order valence-electron chi connectivity index (χ1n) is 5.10. The number of benzene rings is 1. The molecule has 1 aromatic rings. The number of rotatable bonds is 4. The van der Waals surface area contributed by atoms with Crippen LogP contribution in [0.5, 0.6) is 0 Å². The molecule has 2 N–H and O–H groups in total. The summed E-state index contributed by atoms with van der Waals surface area (Å²) in [6.45, 7) is 3.97. The Morgan fingerprint density at radius 1 is 1.38 bits per heavy atom. The molecule has 90 valence electrons. The summed E-state index contributed by atoms with van der Waals surface area (Å²) in [5, 5.41) is 0.386. The minimum atomic E-state index is -3.32. The van der Waals surface area contributed by atoms with Crippen LogP contribution in [0.3, 0.4) is 0 Å². The molecule has 0 amide bonds. The summed E-state index contributed by atoms with van der Waals surface area (Å²) in [6.07, 6.45) is 0.619. The average molecular weight is 262 g/mol. The van der Waals surface area contributed by atoms with Crippen molar-refractivity contribution in [3.63, 3.8) is 0 Å². The van der Waals surface area contributed by atoms with E-state index in [1.165, 1.54) is 12.1 Å². The van der Waals surface area contributed by atoms with E-state index in [0.29, 0.717) is 17.4 Å². The van der Waals surface area contributed by atoms with Gasteiger partial charge in [-0.25, -0.2) is 8.42 Å². The van der Waals surface area contributed by atoms with Gasteiger partial charge in [0, 0.05) is 5.02 Å². The Hall–Kier alpha value is -0.740. The number of sulfone groups is 1. The van der Waals surface area contributed by atoms with E-state index in [1.807, 2.05) is 13.8 Å². The van der Waals surface area contributed by atoms with Crippen LogP contribution in [0.15, 0.2) is 23.1 Å². The fourth-order valence-corrected chi connectivity index (χ4v) is 3.25. The molecule has 0 saturated carbocycles. The lowest BCUT2D eigenvalue weighted by Crippen LogP contribution is -2.11. The molecule has 0 aliphatic rings. The second-order valence-electron chi connectivity index (χ2n) is 4.18. The quantitative estimate of drug-likeness (QED) is 0.848. The zero-order valence-corrected chi connectivity index (χ0v) is 11.0. The molecule has 0 saturated heterocycles. The van der Waals surface area contributed by atoms with Crippen LogP contribution in [0, 0.1) is 5.92 Å². The Bertz CT molecular complexity index is 469. The van der Waals surface area contributed by atoms with Gasteiger partial charge < -0.3 is 5.73 Å². The monoisotopic (exact) mass is 261 g/mol. The van der Waals surface area contributed by atoms with Crippen molar-refractivity contribution in [1.29, 1.82) is 0 Å². The summed E-state index contributed by atoms with van der Waals surface area (Å²) in [7, 11) is -3.32. The van der Waals surface area contributed by atoms with E-state index < -0.39 is 9.84 Å². The molecule has 1 aromatic carbocycles. The van der Waals surface area contributed by atoms with E-state index in [-0.39, 0.29) is 16.3 Å². The summed E-state index contributed by atoms with van der Waals surface area (Å²) in [5.74, 6) is 0.449. The van der Waals surface area contributed by atoms with E-state index in [4.69, 9.17) is 17.3 Å². The van der Waals surface area contributed by atoms with Gasteiger partial charge in [0.2, 0.25) is 0 Å². The molecule has 1 rings (SSSR count). The Labute approximate surface area is 102 Å². The van der Waals surface area contributed by atoms with Crippen LogP contribution in [-0.2, 0) is 9.84 Å². The van der Waals surface area contributed by atoms with Crippen LogP contribution in [0.4, 0.5) is 5.69 Å². The van der Waals surface area contributed by atoms with Gasteiger partial charge in [-0.2, -0.15) is 0 Å². The van der Waals surface area contributed by atoms with Crippen LogP contribution in [0.2, 0.25) is 5.02 Å². The highest BCUT2D eigenvalue weighted by Crippen LogP contribution is 2.24. The molecule has 0 radical (unpaired) electrons. The van der Waals surface area contributed by atoms with E-state index in [1.54, 1.807) is 6.07 Å². The Balaban J connectivity index is 3.02. The molecule has 0 fully saturated rings. The summed E-state index contributed by atoms with van der Waals surface area (Å²) in [6, 6.07) is 4.51. The maximum absolute atomic E-state index is 12.0. The molecule has 0 aliphatic carbocycles. The van der Waals surface area contributed by atoms with Crippen molar-refractivity contribution in [2.45, 2.75) is 25.2 Å². The standard InChI is InChI=1S/C11H16ClNO2S/c1-8(2)5-6-16(14,15)11-7-9(12)3-4-10(11)13/h3-4,7-8H,5-6,13H2,1-2H3. The number of anilines is 1. The van der Waals surface area contributed by atoms with E-state index in [2.05, 4.69) is 0 Å². The summed E-state index contributed by atoms with van der Waals surface area (Å²) >= 11 is 5.77. The Kier molecular flexibility index (Phi) is 4.21.